The van der Waals surface area contributed by atoms with Gasteiger partial charge in [0.2, 0.25) is 0 Å². The van der Waals surface area contributed by atoms with Crippen LogP contribution in [0.4, 0.5) is 0 Å². The van der Waals surface area contributed by atoms with Gasteiger partial charge in [-0.1, -0.05) is 128 Å². The molecule has 0 bridgehead atoms. The maximum absolute atomic E-state index is 10.1. The summed E-state index contributed by atoms with van der Waals surface area (Å²) in [6.45, 7) is 0. The third-order valence-corrected chi connectivity index (χ3v) is 10.4. The largest absolute Gasteiger partial charge is 0.337 e. The molecule has 4 saturated carbocycles. The quantitative estimate of drug-likeness (QED) is 0.308. The maximum Gasteiger partial charge on any atom is 0.194 e. The van der Waals surface area contributed by atoms with Crippen molar-refractivity contribution in [1.29, 1.82) is 5.41 Å². The summed E-state index contributed by atoms with van der Waals surface area (Å²) in [6.07, 6.45) is 38.8. The van der Waals surface area contributed by atoms with Gasteiger partial charge in [0.1, 0.15) is 0 Å². The summed E-state index contributed by atoms with van der Waals surface area (Å²) in [5, 5.41) is 10.1. The van der Waals surface area contributed by atoms with E-state index in [9.17, 15) is 5.41 Å². The molecule has 4 fully saturated rings. The van der Waals surface area contributed by atoms with Gasteiger partial charge in [0.25, 0.3) is 0 Å². The molecular weight excluding hydrogens is 438 g/mol. The molecule has 3 nitrogen and oxygen atoms in total. The second-order valence-corrected chi connectivity index (χ2v) is 13.1. The monoisotopic (exact) mass is 499 g/mol. The van der Waals surface area contributed by atoms with E-state index in [2.05, 4.69) is 9.80 Å². The molecule has 0 aromatic carbocycles. The summed E-state index contributed by atoms with van der Waals surface area (Å²) in [4.78, 5) is 5.63. The molecule has 3 heteroatoms. The van der Waals surface area contributed by atoms with Crippen LogP contribution in [-0.2, 0) is 0 Å². The van der Waals surface area contributed by atoms with Gasteiger partial charge < -0.3 is 9.80 Å². The van der Waals surface area contributed by atoms with Crippen molar-refractivity contribution < 1.29 is 0 Å². The first-order valence-corrected chi connectivity index (χ1v) is 17.0. The molecule has 36 heavy (non-hydrogen) atoms. The van der Waals surface area contributed by atoms with Crippen LogP contribution in [0.15, 0.2) is 0 Å². The lowest BCUT2D eigenvalue weighted by molar-refractivity contribution is 0.104. The van der Waals surface area contributed by atoms with Crippen LogP contribution in [0.5, 0.6) is 0 Å². The molecule has 208 valence electrons. The van der Waals surface area contributed by atoms with Crippen LogP contribution in [0.25, 0.3) is 0 Å². The van der Waals surface area contributed by atoms with Crippen LogP contribution in [0.2, 0.25) is 0 Å². The van der Waals surface area contributed by atoms with Crippen molar-refractivity contribution in [3.63, 3.8) is 0 Å². The highest BCUT2D eigenvalue weighted by atomic mass is 15.4. The predicted octanol–water partition coefficient (Wildman–Crippen LogP) is 9.98. The lowest BCUT2D eigenvalue weighted by Gasteiger charge is -2.49. The van der Waals surface area contributed by atoms with Crippen molar-refractivity contribution in [2.75, 3.05) is 0 Å². The molecule has 0 atom stereocenters. The van der Waals surface area contributed by atoms with Gasteiger partial charge in [0.05, 0.1) is 0 Å². The fourth-order valence-corrected chi connectivity index (χ4v) is 8.27. The predicted molar refractivity (Wildman–Crippen MR) is 156 cm³/mol. The number of guanidine groups is 1. The smallest absolute Gasteiger partial charge is 0.194 e. The van der Waals surface area contributed by atoms with E-state index in [1.54, 1.807) is 0 Å². The first kappa shape index (κ1) is 28.3. The van der Waals surface area contributed by atoms with Crippen LogP contribution in [0, 0.1) is 5.41 Å². The minimum absolute atomic E-state index is 0.617. The first-order chi connectivity index (χ1) is 17.8. The zero-order chi connectivity index (χ0) is 24.8. The van der Waals surface area contributed by atoms with Crippen LogP contribution in [-0.4, -0.2) is 39.9 Å². The molecule has 0 unspecified atom stereocenters. The minimum atomic E-state index is 0.617. The maximum atomic E-state index is 10.1. The van der Waals surface area contributed by atoms with E-state index < -0.39 is 0 Å². The van der Waals surface area contributed by atoms with Crippen molar-refractivity contribution in [2.45, 2.75) is 204 Å². The van der Waals surface area contributed by atoms with E-state index in [-0.39, 0.29) is 0 Å². The normalized spacial score (nSPS) is 26.2. The van der Waals surface area contributed by atoms with Crippen molar-refractivity contribution in [1.82, 2.24) is 9.80 Å². The van der Waals surface area contributed by atoms with Crippen molar-refractivity contribution >= 4 is 5.96 Å². The Balaban J connectivity index is 1.62. The Hall–Kier alpha value is -0.730. The van der Waals surface area contributed by atoms with Gasteiger partial charge in [0, 0.05) is 24.2 Å². The lowest BCUT2D eigenvalue weighted by Crippen LogP contribution is -2.59. The van der Waals surface area contributed by atoms with E-state index in [1.165, 1.54) is 180 Å². The summed E-state index contributed by atoms with van der Waals surface area (Å²) >= 11 is 0. The number of nitrogens with one attached hydrogen (secondary N) is 1. The molecule has 0 aliphatic heterocycles. The van der Waals surface area contributed by atoms with E-state index >= 15 is 0 Å². The molecular formula is C33H61N3. The Bertz CT molecular complexity index is 478. The molecule has 4 aliphatic carbocycles. The highest BCUT2D eigenvalue weighted by Gasteiger charge is 2.37. The topological polar surface area (TPSA) is 30.3 Å². The first-order valence-electron chi connectivity index (χ1n) is 17.0. The zero-order valence-electron chi connectivity index (χ0n) is 24.0. The van der Waals surface area contributed by atoms with Crippen LogP contribution in [0.3, 0.4) is 0 Å². The van der Waals surface area contributed by atoms with Crippen LogP contribution >= 0.6 is 0 Å². The highest BCUT2D eigenvalue weighted by molar-refractivity contribution is 5.78. The summed E-state index contributed by atoms with van der Waals surface area (Å²) in [7, 11) is 0. The molecule has 0 spiro atoms. The van der Waals surface area contributed by atoms with Crippen molar-refractivity contribution in [3.05, 3.63) is 0 Å². The van der Waals surface area contributed by atoms with Gasteiger partial charge in [-0.3, -0.25) is 5.41 Å². The van der Waals surface area contributed by atoms with Crippen molar-refractivity contribution in [2.24, 2.45) is 0 Å². The average Bonchev–Trinajstić information content (AvgIpc) is 2.78. The van der Waals surface area contributed by atoms with Gasteiger partial charge in [-0.2, -0.15) is 0 Å². The molecule has 4 aliphatic rings. The Morgan fingerprint density at radius 2 is 0.472 bits per heavy atom. The second-order valence-electron chi connectivity index (χ2n) is 13.1. The average molecular weight is 500 g/mol. The molecule has 0 radical (unpaired) electrons. The zero-order valence-corrected chi connectivity index (χ0v) is 24.0. The molecule has 1 N–H and O–H groups in total. The Morgan fingerprint density at radius 1 is 0.306 bits per heavy atom. The number of hydrogen-bond donors (Lipinski definition) is 1. The molecule has 0 aromatic heterocycles. The summed E-state index contributed by atoms with van der Waals surface area (Å²) in [6, 6.07) is 2.47. The van der Waals surface area contributed by atoms with Gasteiger partial charge in [0.15, 0.2) is 5.96 Å². The van der Waals surface area contributed by atoms with Crippen LogP contribution in [0.1, 0.15) is 180 Å². The molecule has 4 rings (SSSR count). The molecule has 0 amide bonds. The number of nitrogens with zero attached hydrogens (tertiary/aromatic N) is 2. The third-order valence-electron chi connectivity index (χ3n) is 10.4. The van der Waals surface area contributed by atoms with E-state index in [1.807, 2.05) is 0 Å². The fourth-order valence-electron chi connectivity index (χ4n) is 8.27. The molecule has 0 heterocycles. The van der Waals surface area contributed by atoms with Gasteiger partial charge in [-0.15, -0.1) is 0 Å². The van der Waals surface area contributed by atoms with Crippen LogP contribution < -0.4 is 0 Å². The lowest BCUT2D eigenvalue weighted by atomic mass is 9.89. The Kier molecular flexibility index (Phi) is 12.8. The SMILES string of the molecule is N=C(N(C1CCCCCCC1)C1CCCCCCC1)N(C1CCCCCCC1)C1CCCCCCC1. The fraction of sp³-hybridized carbons (Fsp3) is 0.970. The third kappa shape index (κ3) is 8.65. The van der Waals surface area contributed by atoms with E-state index in [4.69, 9.17) is 0 Å². The van der Waals surface area contributed by atoms with Gasteiger partial charge in [-0.25, -0.2) is 0 Å². The summed E-state index contributed by atoms with van der Waals surface area (Å²) in [5.74, 6) is 1.00. The minimum Gasteiger partial charge on any atom is -0.337 e. The highest BCUT2D eigenvalue weighted by Crippen LogP contribution is 2.34. The van der Waals surface area contributed by atoms with Gasteiger partial charge in [-0.05, 0) is 51.4 Å². The summed E-state index contributed by atoms with van der Waals surface area (Å²) in [5.41, 5.74) is 0. The molecule has 0 aromatic rings. The number of rotatable bonds is 4. The van der Waals surface area contributed by atoms with E-state index in [0.717, 1.165) is 5.96 Å². The van der Waals surface area contributed by atoms with Gasteiger partial charge >= 0.3 is 0 Å². The van der Waals surface area contributed by atoms with Crippen molar-refractivity contribution in [3.8, 4) is 0 Å². The standard InChI is InChI=1S/C33H61N3/c34-33(35(29-21-13-5-1-6-14-22-29)30-23-15-7-2-8-16-24-30)36(31-25-17-9-3-10-18-26-31)32-27-19-11-4-12-20-28-32/h29-32,34H,1-28H2. The summed E-state index contributed by atoms with van der Waals surface area (Å²) < 4.78 is 0. The Morgan fingerprint density at radius 3 is 0.667 bits per heavy atom. The number of hydrogen-bond acceptors (Lipinski definition) is 1. The second kappa shape index (κ2) is 16.3. The van der Waals surface area contributed by atoms with E-state index in [0.29, 0.717) is 24.2 Å². The molecule has 0 saturated heterocycles. The Labute approximate surface area is 225 Å².